The molecule has 0 aliphatic carbocycles. The van der Waals surface area contributed by atoms with E-state index in [1.807, 2.05) is 0 Å². The monoisotopic (exact) mass is 207 g/mol. The molecule has 2 atom stereocenters. The first kappa shape index (κ1) is 13.1. The summed E-state index contributed by atoms with van der Waals surface area (Å²) in [4.78, 5) is 0. The lowest BCUT2D eigenvalue weighted by Gasteiger charge is -2.12. The Kier molecular flexibility index (Phi) is 8.71. The Morgan fingerprint density at radius 2 is 2.23 bits per heavy atom. The highest BCUT2D eigenvalue weighted by atomic mass is 32.2. The van der Waals surface area contributed by atoms with E-state index in [2.05, 4.69) is 12.2 Å². The zero-order chi connectivity index (χ0) is 10.1. The van der Waals surface area contributed by atoms with Crippen LogP contribution in [0.25, 0.3) is 0 Å². The van der Waals surface area contributed by atoms with Gasteiger partial charge in [-0.05, 0) is 26.3 Å². The Bertz CT molecular complexity index is 142. The summed E-state index contributed by atoms with van der Waals surface area (Å²) >= 11 is 0. The topological polar surface area (TPSA) is 38.3 Å². The smallest absolute Gasteiger partial charge is 0.0476 e. The molecule has 3 nitrogen and oxygen atoms in total. The molecule has 0 aromatic carbocycles. The molecule has 1 N–H and O–H groups in total. The van der Waals surface area contributed by atoms with Crippen molar-refractivity contribution in [2.75, 3.05) is 32.3 Å². The van der Waals surface area contributed by atoms with E-state index < -0.39 is 10.8 Å². The van der Waals surface area contributed by atoms with Crippen LogP contribution in [-0.4, -0.2) is 42.5 Å². The molecule has 0 saturated carbocycles. The fraction of sp³-hybridized carbons (Fsp3) is 1.00. The van der Waals surface area contributed by atoms with Crippen LogP contribution in [0.2, 0.25) is 0 Å². The molecule has 2 unspecified atom stereocenters. The second-order valence-electron chi connectivity index (χ2n) is 3.27. The fourth-order valence-electron chi connectivity index (χ4n) is 1.02. The Morgan fingerprint density at radius 3 is 2.77 bits per heavy atom. The number of methoxy groups -OCH3 is 1. The zero-order valence-electron chi connectivity index (χ0n) is 8.84. The van der Waals surface area contributed by atoms with E-state index in [1.54, 1.807) is 13.4 Å². The van der Waals surface area contributed by atoms with E-state index in [-0.39, 0.29) is 0 Å². The maximum Gasteiger partial charge on any atom is 0.0476 e. The first-order chi connectivity index (χ1) is 6.16. The minimum Gasteiger partial charge on any atom is -0.385 e. The van der Waals surface area contributed by atoms with Crippen LogP contribution < -0.4 is 5.32 Å². The van der Waals surface area contributed by atoms with Gasteiger partial charge in [-0.1, -0.05) is 0 Å². The molecule has 0 rings (SSSR count). The molecule has 0 heterocycles. The first-order valence-corrected chi connectivity index (χ1v) is 6.42. The standard InChI is InChI=1S/C9H21NO2S/c1-9(5-7-12-2)10-6-4-8-13(3)11/h9-10H,4-8H2,1-3H3. The molecule has 80 valence electrons. The molecular weight excluding hydrogens is 186 g/mol. The van der Waals surface area contributed by atoms with Gasteiger partial charge in [0.25, 0.3) is 0 Å². The minimum atomic E-state index is -0.650. The van der Waals surface area contributed by atoms with Gasteiger partial charge < -0.3 is 10.1 Å². The van der Waals surface area contributed by atoms with Gasteiger partial charge in [-0.2, -0.15) is 0 Å². The summed E-state index contributed by atoms with van der Waals surface area (Å²) in [5.41, 5.74) is 0. The van der Waals surface area contributed by atoms with Crippen LogP contribution >= 0.6 is 0 Å². The Balaban J connectivity index is 3.16. The van der Waals surface area contributed by atoms with Crippen molar-refractivity contribution in [3.05, 3.63) is 0 Å². The van der Waals surface area contributed by atoms with Crippen molar-refractivity contribution in [3.8, 4) is 0 Å². The van der Waals surface area contributed by atoms with E-state index in [9.17, 15) is 4.21 Å². The number of hydrogen-bond donors (Lipinski definition) is 1. The fourth-order valence-corrected chi connectivity index (χ4v) is 1.57. The van der Waals surface area contributed by atoms with Gasteiger partial charge >= 0.3 is 0 Å². The van der Waals surface area contributed by atoms with Gasteiger partial charge in [-0.25, -0.2) is 0 Å². The number of ether oxygens (including phenoxy) is 1. The third-order valence-corrected chi connectivity index (χ3v) is 2.72. The van der Waals surface area contributed by atoms with Crippen LogP contribution in [0.15, 0.2) is 0 Å². The van der Waals surface area contributed by atoms with Crippen LogP contribution in [0.5, 0.6) is 0 Å². The van der Waals surface area contributed by atoms with Crippen molar-refractivity contribution >= 4 is 10.8 Å². The lowest BCUT2D eigenvalue weighted by Crippen LogP contribution is -2.28. The van der Waals surface area contributed by atoms with Crippen molar-refractivity contribution < 1.29 is 8.95 Å². The average Bonchev–Trinajstić information content (AvgIpc) is 2.08. The molecule has 0 aliphatic heterocycles. The van der Waals surface area contributed by atoms with Crippen LogP contribution in [0.4, 0.5) is 0 Å². The van der Waals surface area contributed by atoms with E-state index in [1.165, 1.54) is 0 Å². The SMILES string of the molecule is COCCC(C)NCCCS(C)=O. The molecule has 4 heteroatoms. The van der Waals surface area contributed by atoms with E-state index in [0.29, 0.717) is 6.04 Å². The number of nitrogens with one attached hydrogen (secondary N) is 1. The van der Waals surface area contributed by atoms with Gasteiger partial charge in [0.1, 0.15) is 0 Å². The summed E-state index contributed by atoms with van der Waals surface area (Å²) in [5.74, 6) is 0.796. The van der Waals surface area contributed by atoms with Gasteiger partial charge in [0, 0.05) is 42.6 Å². The summed E-state index contributed by atoms with van der Waals surface area (Å²) in [6.45, 7) is 3.89. The quantitative estimate of drug-likeness (QED) is 0.598. The van der Waals surface area contributed by atoms with Gasteiger partial charge in [0.15, 0.2) is 0 Å². The number of hydrogen-bond acceptors (Lipinski definition) is 3. The van der Waals surface area contributed by atoms with Crippen LogP contribution in [0, 0.1) is 0 Å². The highest BCUT2D eigenvalue weighted by Gasteiger charge is 1.99. The molecule has 0 spiro atoms. The first-order valence-electron chi connectivity index (χ1n) is 4.69. The highest BCUT2D eigenvalue weighted by Crippen LogP contribution is 1.91. The van der Waals surface area contributed by atoms with Crippen molar-refractivity contribution in [2.24, 2.45) is 0 Å². The minimum absolute atomic E-state index is 0.491. The summed E-state index contributed by atoms with van der Waals surface area (Å²) in [6, 6.07) is 0.491. The number of rotatable bonds is 8. The lowest BCUT2D eigenvalue weighted by molar-refractivity contribution is 0.185. The second kappa shape index (κ2) is 8.66. The molecule has 0 aromatic heterocycles. The van der Waals surface area contributed by atoms with Gasteiger partial charge in [0.2, 0.25) is 0 Å². The van der Waals surface area contributed by atoms with Gasteiger partial charge in [-0.15, -0.1) is 0 Å². The van der Waals surface area contributed by atoms with Crippen molar-refractivity contribution in [2.45, 2.75) is 25.8 Å². The predicted octanol–water partition coefficient (Wildman–Crippen LogP) is 0.770. The largest absolute Gasteiger partial charge is 0.385 e. The molecule has 0 aliphatic rings. The molecule has 0 fully saturated rings. The van der Waals surface area contributed by atoms with Crippen molar-refractivity contribution in [1.29, 1.82) is 0 Å². The average molecular weight is 207 g/mol. The molecule has 0 amide bonds. The zero-order valence-corrected chi connectivity index (χ0v) is 9.65. The normalized spacial score (nSPS) is 15.6. The Labute approximate surface area is 83.7 Å². The third-order valence-electron chi connectivity index (χ3n) is 1.86. The maximum atomic E-state index is 10.7. The molecular formula is C9H21NO2S. The molecule has 0 aromatic rings. The second-order valence-corrected chi connectivity index (χ2v) is 4.82. The third kappa shape index (κ3) is 9.99. The van der Waals surface area contributed by atoms with Crippen LogP contribution in [0.3, 0.4) is 0 Å². The van der Waals surface area contributed by atoms with E-state index >= 15 is 0 Å². The van der Waals surface area contributed by atoms with Crippen LogP contribution in [0.1, 0.15) is 19.8 Å². The van der Waals surface area contributed by atoms with Gasteiger partial charge in [-0.3, -0.25) is 4.21 Å². The van der Waals surface area contributed by atoms with E-state index in [4.69, 9.17) is 4.74 Å². The molecule has 0 radical (unpaired) electrons. The van der Waals surface area contributed by atoms with Crippen LogP contribution in [-0.2, 0) is 15.5 Å². The predicted molar refractivity (Wildman–Crippen MR) is 57.5 cm³/mol. The molecule has 0 bridgehead atoms. The highest BCUT2D eigenvalue weighted by molar-refractivity contribution is 7.84. The maximum absolute atomic E-state index is 10.7. The summed E-state index contributed by atoms with van der Waals surface area (Å²) in [7, 11) is 1.06. The van der Waals surface area contributed by atoms with Crippen molar-refractivity contribution in [1.82, 2.24) is 5.32 Å². The molecule has 0 saturated heterocycles. The Hall–Kier alpha value is 0.0700. The van der Waals surface area contributed by atoms with E-state index in [0.717, 1.165) is 31.7 Å². The summed E-state index contributed by atoms with van der Waals surface area (Å²) < 4.78 is 15.7. The summed E-state index contributed by atoms with van der Waals surface area (Å²) in [6.07, 6.45) is 3.76. The van der Waals surface area contributed by atoms with Gasteiger partial charge in [0.05, 0.1) is 0 Å². The van der Waals surface area contributed by atoms with Crippen molar-refractivity contribution in [3.63, 3.8) is 0 Å². The summed E-state index contributed by atoms with van der Waals surface area (Å²) in [5, 5.41) is 3.36. The molecule has 13 heavy (non-hydrogen) atoms. The Morgan fingerprint density at radius 1 is 1.54 bits per heavy atom. The lowest BCUT2D eigenvalue weighted by atomic mass is 10.2.